The predicted molar refractivity (Wildman–Crippen MR) is 77.2 cm³/mol. The third-order valence-electron chi connectivity index (χ3n) is 2.80. The van der Waals surface area contributed by atoms with Gasteiger partial charge in [-0.05, 0) is 37.6 Å². The first-order chi connectivity index (χ1) is 9.16. The van der Waals surface area contributed by atoms with Gasteiger partial charge in [-0.1, -0.05) is 18.2 Å². The minimum Gasteiger partial charge on any atom is -0.467 e. The maximum absolute atomic E-state index is 11.9. The van der Waals surface area contributed by atoms with Crippen molar-refractivity contribution < 1.29 is 9.21 Å². The summed E-state index contributed by atoms with van der Waals surface area (Å²) in [5, 5.41) is 2.92. The van der Waals surface area contributed by atoms with Crippen molar-refractivity contribution in [2.75, 3.05) is 5.75 Å². The Morgan fingerprint density at radius 3 is 2.79 bits per heavy atom. The number of benzene rings is 1. The Hall–Kier alpha value is -1.68. The van der Waals surface area contributed by atoms with Crippen molar-refractivity contribution >= 4 is 17.7 Å². The molecular weight excluding hydrogens is 258 g/mol. The van der Waals surface area contributed by atoms with Gasteiger partial charge in [0.15, 0.2) is 0 Å². The number of hydrogen-bond donors (Lipinski definition) is 1. The third kappa shape index (κ3) is 3.89. The topological polar surface area (TPSA) is 42.2 Å². The smallest absolute Gasteiger partial charge is 0.230 e. The summed E-state index contributed by atoms with van der Waals surface area (Å²) < 4.78 is 5.26. The summed E-state index contributed by atoms with van der Waals surface area (Å²) in [7, 11) is 0. The molecule has 3 nitrogen and oxygen atoms in total. The number of carbonyl (C=O) groups is 1. The van der Waals surface area contributed by atoms with Crippen LogP contribution in [0.4, 0.5) is 0 Å². The molecule has 0 aliphatic heterocycles. The van der Waals surface area contributed by atoms with Crippen LogP contribution in [-0.4, -0.2) is 11.7 Å². The molecule has 1 aromatic heterocycles. The van der Waals surface area contributed by atoms with Crippen LogP contribution in [0.5, 0.6) is 0 Å². The Kier molecular flexibility index (Phi) is 4.68. The van der Waals surface area contributed by atoms with Gasteiger partial charge in [-0.15, -0.1) is 11.8 Å². The molecule has 4 heteroatoms. The lowest BCUT2D eigenvalue weighted by atomic mass is 10.2. The number of amides is 1. The van der Waals surface area contributed by atoms with Crippen molar-refractivity contribution in [2.45, 2.75) is 24.8 Å². The summed E-state index contributed by atoms with van der Waals surface area (Å²) in [4.78, 5) is 13.0. The number of carbonyl (C=O) groups excluding carboxylic acids is 1. The van der Waals surface area contributed by atoms with Gasteiger partial charge in [0.1, 0.15) is 5.76 Å². The lowest BCUT2D eigenvalue weighted by Crippen LogP contribution is -2.27. The van der Waals surface area contributed by atoms with Crippen LogP contribution in [0.3, 0.4) is 0 Å². The molecule has 1 atom stereocenters. The quantitative estimate of drug-likeness (QED) is 0.848. The second kappa shape index (κ2) is 6.48. The van der Waals surface area contributed by atoms with Crippen LogP contribution < -0.4 is 5.32 Å². The molecule has 1 N–H and O–H groups in total. The number of furan rings is 1. The number of aryl methyl sites for hydroxylation is 1. The molecule has 100 valence electrons. The SMILES string of the molecule is Cc1ccccc1SCC(=O)N[C@@H](C)c1ccco1. The van der Waals surface area contributed by atoms with E-state index < -0.39 is 0 Å². The number of thioether (sulfide) groups is 1. The Balaban J connectivity index is 1.84. The van der Waals surface area contributed by atoms with Crippen LogP contribution in [0.25, 0.3) is 0 Å². The van der Waals surface area contributed by atoms with E-state index in [-0.39, 0.29) is 11.9 Å². The second-order valence-corrected chi connectivity index (χ2v) is 5.38. The van der Waals surface area contributed by atoms with Crippen molar-refractivity contribution in [3.05, 3.63) is 54.0 Å². The summed E-state index contributed by atoms with van der Waals surface area (Å²) in [6.07, 6.45) is 1.61. The molecule has 1 aromatic carbocycles. The third-order valence-corrected chi connectivity index (χ3v) is 3.98. The van der Waals surface area contributed by atoms with Crippen molar-refractivity contribution in [1.29, 1.82) is 0 Å². The largest absolute Gasteiger partial charge is 0.467 e. The molecule has 0 saturated carbocycles. The zero-order valence-corrected chi connectivity index (χ0v) is 11.9. The van der Waals surface area contributed by atoms with Gasteiger partial charge in [0.2, 0.25) is 5.91 Å². The lowest BCUT2D eigenvalue weighted by Gasteiger charge is -2.11. The highest BCUT2D eigenvalue weighted by Gasteiger charge is 2.12. The Bertz CT molecular complexity index is 537. The van der Waals surface area contributed by atoms with E-state index in [1.807, 2.05) is 50.2 Å². The first kappa shape index (κ1) is 13.7. The predicted octanol–water partition coefficient (Wildman–Crippen LogP) is 3.56. The molecule has 1 heterocycles. The highest BCUT2D eigenvalue weighted by atomic mass is 32.2. The molecule has 0 aliphatic rings. The molecule has 0 unspecified atom stereocenters. The monoisotopic (exact) mass is 275 g/mol. The highest BCUT2D eigenvalue weighted by molar-refractivity contribution is 8.00. The van der Waals surface area contributed by atoms with E-state index in [1.54, 1.807) is 18.0 Å². The molecule has 0 saturated heterocycles. The Labute approximate surface area is 117 Å². The molecule has 0 aliphatic carbocycles. The molecule has 1 amide bonds. The van der Waals surface area contributed by atoms with E-state index in [9.17, 15) is 4.79 Å². The average Bonchev–Trinajstić information content (AvgIpc) is 2.91. The number of rotatable bonds is 5. The maximum Gasteiger partial charge on any atom is 0.230 e. The molecule has 0 radical (unpaired) electrons. The van der Waals surface area contributed by atoms with Crippen LogP contribution in [0, 0.1) is 6.92 Å². The summed E-state index contributed by atoms with van der Waals surface area (Å²) >= 11 is 1.55. The van der Waals surface area contributed by atoms with Crippen LogP contribution in [-0.2, 0) is 4.79 Å². The van der Waals surface area contributed by atoms with Crippen LogP contribution in [0.15, 0.2) is 52.0 Å². The van der Waals surface area contributed by atoms with Crippen LogP contribution in [0.2, 0.25) is 0 Å². The van der Waals surface area contributed by atoms with Gasteiger partial charge in [-0.3, -0.25) is 4.79 Å². The fourth-order valence-corrected chi connectivity index (χ4v) is 2.59. The number of nitrogens with one attached hydrogen (secondary N) is 1. The molecule has 2 aromatic rings. The molecule has 2 rings (SSSR count). The summed E-state index contributed by atoms with van der Waals surface area (Å²) in [5.41, 5.74) is 1.19. The van der Waals surface area contributed by atoms with Gasteiger partial charge < -0.3 is 9.73 Å². The number of hydrogen-bond acceptors (Lipinski definition) is 3. The fraction of sp³-hybridized carbons (Fsp3) is 0.267. The lowest BCUT2D eigenvalue weighted by molar-refractivity contribution is -0.119. The van der Waals surface area contributed by atoms with Gasteiger partial charge in [-0.2, -0.15) is 0 Å². The molecule has 0 bridgehead atoms. The van der Waals surface area contributed by atoms with Gasteiger partial charge in [0.25, 0.3) is 0 Å². The van der Waals surface area contributed by atoms with E-state index in [0.29, 0.717) is 5.75 Å². The standard InChI is InChI=1S/C15H17NO2S/c1-11-6-3-4-8-14(11)19-10-15(17)16-12(2)13-7-5-9-18-13/h3-9,12H,10H2,1-2H3,(H,16,17)/t12-/m0/s1. The highest BCUT2D eigenvalue weighted by Crippen LogP contribution is 2.21. The van der Waals surface area contributed by atoms with E-state index >= 15 is 0 Å². The normalized spacial score (nSPS) is 12.1. The maximum atomic E-state index is 11.9. The van der Waals surface area contributed by atoms with Crippen molar-refractivity contribution in [2.24, 2.45) is 0 Å². The van der Waals surface area contributed by atoms with Gasteiger partial charge in [-0.25, -0.2) is 0 Å². The first-order valence-corrected chi connectivity index (χ1v) is 7.16. The van der Waals surface area contributed by atoms with E-state index in [0.717, 1.165) is 10.7 Å². The zero-order chi connectivity index (χ0) is 13.7. The molecule has 0 fully saturated rings. The van der Waals surface area contributed by atoms with Crippen molar-refractivity contribution in [1.82, 2.24) is 5.32 Å². The van der Waals surface area contributed by atoms with Crippen LogP contribution >= 0.6 is 11.8 Å². The first-order valence-electron chi connectivity index (χ1n) is 6.18. The van der Waals surface area contributed by atoms with E-state index in [1.165, 1.54) is 5.56 Å². The van der Waals surface area contributed by atoms with Gasteiger partial charge in [0.05, 0.1) is 18.1 Å². The fourth-order valence-electron chi connectivity index (χ4n) is 1.75. The van der Waals surface area contributed by atoms with Crippen LogP contribution in [0.1, 0.15) is 24.3 Å². The van der Waals surface area contributed by atoms with Crippen molar-refractivity contribution in [3.8, 4) is 0 Å². The summed E-state index contributed by atoms with van der Waals surface area (Å²) in [6, 6.07) is 11.6. The summed E-state index contributed by atoms with van der Waals surface area (Å²) in [5.74, 6) is 1.20. The Morgan fingerprint density at radius 2 is 2.11 bits per heavy atom. The minimum atomic E-state index is -0.0972. The average molecular weight is 275 g/mol. The van der Waals surface area contributed by atoms with Crippen molar-refractivity contribution in [3.63, 3.8) is 0 Å². The van der Waals surface area contributed by atoms with Gasteiger partial charge in [0, 0.05) is 4.90 Å². The zero-order valence-electron chi connectivity index (χ0n) is 11.1. The molecule has 0 spiro atoms. The van der Waals surface area contributed by atoms with E-state index in [2.05, 4.69) is 5.32 Å². The Morgan fingerprint density at radius 1 is 1.32 bits per heavy atom. The molecular formula is C15H17NO2S. The minimum absolute atomic E-state index is 0.0113. The van der Waals surface area contributed by atoms with Gasteiger partial charge >= 0.3 is 0 Å². The van der Waals surface area contributed by atoms with E-state index in [4.69, 9.17) is 4.42 Å². The second-order valence-electron chi connectivity index (χ2n) is 4.36. The molecule has 19 heavy (non-hydrogen) atoms. The summed E-state index contributed by atoms with van der Waals surface area (Å²) in [6.45, 7) is 3.96.